The molecular weight excluding hydrogens is 334 g/mol. The van der Waals surface area contributed by atoms with Crippen LogP contribution in [0.1, 0.15) is 29.0 Å². The molecule has 0 spiro atoms. The molecule has 0 amide bonds. The molecule has 0 bridgehead atoms. The van der Waals surface area contributed by atoms with Crippen molar-refractivity contribution in [1.82, 2.24) is 9.55 Å². The van der Waals surface area contributed by atoms with Gasteiger partial charge in [0.1, 0.15) is 11.7 Å². The van der Waals surface area contributed by atoms with Crippen molar-refractivity contribution in [2.24, 2.45) is 0 Å². The first-order valence-corrected chi connectivity index (χ1v) is 8.33. The van der Waals surface area contributed by atoms with E-state index < -0.39 is 5.92 Å². The van der Waals surface area contributed by atoms with Gasteiger partial charge in [-0.1, -0.05) is 35.9 Å². The zero-order valence-corrected chi connectivity index (χ0v) is 14.3. The summed E-state index contributed by atoms with van der Waals surface area (Å²) in [5.41, 5.74) is 3.86. The van der Waals surface area contributed by atoms with Gasteiger partial charge in [-0.2, -0.15) is 5.26 Å². The molecule has 1 aromatic heterocycles. The quantitative estimate of drug-likeness (QED) is 0.685. The second kappa shape index (κ2) is 5.87. The maximum Gasteiger partial charge on any atom is 0.260 e. The number of hydrogen-bond donors (Lipinski definition) is 0. The highest BCUT2D eigenvalue weighted by molar-refractivity contribution is 6.30. The van der Waals surface area contributed by atoms with E-state index in [-0.39, 0.29) is 5.91 Å². The summed E-state index contributed by atoms with van der Waals surface area (Å²) in [4.78, 5) is 17.7. The smallest absolute Gasteiger partial charge is 0.260 e. The Morgan fingerprint density at radius 2 is 1.92 bits per heavy atom. The van der Waals surface area contributed by atoms with Crippen molar-refractivity contribution >= 4 is 28.5 Å². The molecule has 4 rings (SSSR count). The second-order valence-corrected chi connectivity index (χ2v) is 6.56. The van der Waals surface area contributed by atoms with Gasteiger partial charge in [-0.25, -0.2) is 4.98 Å². The van der Waals surface area contributed by atoms with Gasteiger partial charge in [-0.05, 0) is 42.3 Å². The minimum Gasteiger partial charge on any atom is -0.269 e. The summed E-state index contributed by atoms with van der Waals surface area (Å²) in [6.45, 7) is 1.85. The van der Waals surface area contributed by atoms with Crippen LogP contribution in [-0.4, -0.2) is 15.5 Å². The molecule has 1 aliphatic rings. The lowest BCUT2D eigenvalue weighted by Crippen LogP contribution is -2.26. The van der Waals surface area contributed by atoms with Crippen molar-refractivity contribution < 1.29 is 4.79 Å². The van der Waals surface area contributed by atoms with E-state index in [0.717, 1.165) is 22.2 Å². The minimum absolute atomic E-state index is 0.109. The highest BCUT2D eigenvalue weighted by Crippen LogP contribution is 2.35. The Morgan fingerprint density at radius 1 is 1.20 bits per heavy atom. The fourth-order valence-electron chi connectivity index (χ4n) is 3.30. The zero-order valence-electron chi connectivity index (χ0n) is 13.5. The molecule has 5 heteroatoms. The molecule has 4 nitrogen and oxygen atoms in total. The number of fused-ring (bicyclic) bond motifs is 3. The van der Waals surface area contributed by atoms with Crippen molar-refractivity contribution in [3.8, 4) is 6.07 Å². The molecule has 0 radical (unpaired) electrons. The largest absolute Gasteiger partial charge is 0.269 e. The Kier molecular flexibility index (Phi) is 3.67. The number of nitriles is 1. The van der Waals surface area contributed by atoms with Crippen LogP contribution < -0.4 is 0 Å². The molecule has 2 heterocycles. The SMILES string of the molecule is CC1=C(Cc2ccc(Cl)cc2)C(=O)n2c(nc3ccccc32)C1C#N. The molecule has 1 aliphatic heterocycles. The average molecular weight is 348 g/mol. The lowest BCUT2D eigenvalue weighted by atomic mass is 9.89. The number of allylic oxidation sites excluding steroid dienone is 2. The molecule has 3 aromatic rings. The molecular formula is C20H14ClN3O. The van der Waals surface area contributed by atoms with Crippen LogP contribution in [0, 0.1) is 11.3 Å². The Morgan fingerprint density at radius 3 is 2.64 bits per heavy atom. The first-order valence-electron chi connectivity index (χ1n) is 7.96. The third-order valence-electron chi connectivity index (χ3n) is 4.64. The van der Waals surface area contributed by atoms with E-state index in [9.17, 15) is 10.1 Å². The lowest BCUT2D eigenvalue weighted by molar-refractivity contribution is 0.0947. The van der Waals surface area contributed by atoms with E-state index in [1.54, 1.807) is 16.7 Å². The van der Waals surface area contributed by atoms with E-state index in [4.69, 9.17) is 11.6 Å². The van der Waals surface area contributed by atoms with Gasteiger partial charge < -0.3 is 0 Å². The number of para-hydroxylation sites is 2. The molecule has 1 unspecified atom stereocenters. The van der Waals surface area contributed by atoms with Crippen LogP contribution in [0.15, 0.2) is 59.7 Å². The van der Waals surface area contributed by atoms with E-state index in [2.05, 4.69) is 11.1 Å². The maximum atomic E-state index is 13.2. The third kappa shape index (κ3) is 2.45. The first-order chi connectivity index (χ1) is 12.1. The highest BCUT2D eigenvalue weighted by Gasteiger charge is 2.34. The molecule has 25 heavy (non-hydrogen) atoms. The number of halogens is 1. The second-order valence-electron chi connectivity index (χ2n) is 6.13. The van der Waals surface area contributed by atoms with Crippen LogP contribution in [0.3, 0.4) is 0 Å². The standard InChI is InChI=1S/C20H14ClN3O/c1-12-15(10-13-6-8-14(21)9-7-13)20(25)24-18-5-3-2-4-17(18)23-19(24)16(12)11-22/h2-9,16H,10H2,1H3. The summed E-state index contributed by atoms with van der Waals surface area (Å²) >= 11 is 5.94. The van der Waals surface area contributed by atoms with Crippen LogP contribution in [0.2, 0.25) is 5.02 Å². The van der Waals surface area contributed by atoms with Crippen LogP contribution >= 0.6 is 11.6 Å². The highest BCUT2D eigenvalue weighted by atomic mass is 35.5. The Hall–Kier alpha value is -2.90. The number of benzene rings is 2. The molecule has 122 valence electrons. The Labute approximate surface area is 150 Å². The Bertz CT molecular complexity index is 1070. The fourth-order valence-corrected chi connectivity index (χ4v) is 3.43. The van der Waals surface area contributed by atoms with Gasteiger partial charge in [0.15, 0.2) is 0 Å². The lowest BCUT2D eigenvalue weighted by Gasteiger charge is -2.23. The summed E-state index contributed by atoms with van der Waals surface area (Å²) in [7, 11) is 0. The molecule has 0 aliphatic carbocycles. The normalized spacial score (nSPS) is 16.8. The van der Waals surface area contributed by atoms with Gasteiger partial charge in [0, 0.05) is 17.0 Å². The van der Waals surface area contributed by atoms with Gasteiger partial charge in [-0.15, -0.1) is 0 Å². The molecule has 0 saturated carbocycles. The van der Waals surface area contributed by atoms with Gasteiger partial charge >= 0.3 is 0 Å². The Balaban J connectivity index is 1.86. The summed E-state index contributed by atoms with van der Waals surface area (Å²) in [5, 5.41) is 10.3. The van der Waals surface area contributed by atoms with Crippen molar-refractivity contribution in [1.29, 1.82) is 5.26 Å². The molecule has 2 aromatic carbocycles. The third-order valence-corrected chi connectivity index (χ3v) is 4.89. The van der Waals surface area contributed by atoms with Crippen LogP contribution in [-0.2, 0) is 6.42 Å². The number of aromatic nitrogens is 2. The number of hydrogen-bond acceptors (Lipinski definition) is 3. The van der Waals surface area contributed by atoms with Crippen LogP contribution in [0.5, 0.6) is 0 Å². The molecule has 0 saturated heterocycles. The summed E-state index contributed by atoms with van der Waals surface area (Å²) in [6.07, 6.45) is 0.464. The zero-order chi connectivity index (χ0) is 17.6. The van der Waals surface area contributed by atoms with Gasteiger partial charge in [0.2, 0.25) is 0 Å². The average Bonchev–Trinajstić information content (AvgIpc) is 3.00. The van der Waals surface area contributed by atoms with E-state index in [1.807, 2.05) is 43.3 Å². The predicted octanol–water partition coefficient (Wildman–Crippen LogP) is 4.51. The molecule has 0 N–H and O–H groups in total. The monoisotopic (exact) mass is 347 g/mol. The number of nitrogens with zero attached hydrogens (tertiary/aromatic N) is 3. The number of rotatable bonds is 2. The fraction of sp³-hybridized carbons (Fsp3) is 0.150. The van der Waals surface area contributed by atoms with Gasteiger partial charge in [0.05, 0.1) is 17.1 Å². The van der Waals surface area contributed by atoms with Crippen LogP contribution in [0.4, 0.5) is 0 Å². The number of imidazole rings is 1. The minimum atomic E-state index is -0.521. The van der Waals surface area contributed by atoms with E-state index in [1.165, 1.54) is 0 Å². The number of carbonyl (C=O) groups excluding carboxylic acids is 1. The summed E-state index contributed by atoms with van der Waals surface area (Å²) in [5.74, 6) is -0.124. The van der Waals surface area contributed by atoms with Crippen molar-refractivity contribution in [3.05, 3.63) is 76.1 Å². The van der Waals surface area contributed by atoms with E-state index in [0.29, 0.717) is 22.8 Å². The first kappa shape index (κ1) is 15.6. The van der Waals surface area contributed by atoms with Crippen molar-refractivity contribution in [2.75, 3.05) is 0 Å². The van der Waals surface area contributed by atoms with E-state index >= 15 is 0 Å². The van der Waals surface area contributed by atoms with Gasteiger partial charge in [0.25, 0.3) is 5.91 Å². The van der Waals surface area contributed by atoms with Gasteiger partial charge in [-0.3, -0.25) is 9.36 Å². The molecule has 0 fully saturated rings. The predicted molar refractivity (Wildman–Crippen MR) is 96.6 cm³/mol. The summed E-state index contributed by atoms with van der Waals surface area (Å²) in [6, 6.07) is 17.2. The molecule has 1 atom stereocenters. The topological polar surface area (TPSA) is 58.7 Å². The van der Waals surface area contributed by atoms with Crippen molar-refractivity contribution in [3.63, 3.8) is 0 Å². The number of carbonyl (C=O) groups is 1. The van der Waals surface area contributed by atoms with Crippen LogP contribution in [0.25, 0.3) is 11.0 Å². The summed E-state index contributed by atoms with van der Waals surface area (Å²) < 4.78 is 1.58. The maximum absolute atomic E-state index is 13.2. The van der Waals surface area contributed by atoms with Crippen molar-refractivity contribution in [2.45, 2.75) is 19.3 Å².